The van der Waals surface area contributed by atoms with Crippen LogP contribution in [0.4, 0.5) is 0 Å². The number of nitrogens with zero attached hydrogens (tertiary/aromatic N) is 2. The molecule has 6 amide bonds. The third kappa shape index (κ3) is 14.9. The van der Waals surface area contributed by atoms with E-state index in [0.29, 0.717) is 31.2 Å². The molecule has 17 nitrogen and oxygen atoms in total. The average molecular weight is 858 g/mol. The minimum absolute atomic E-state index is 0.0414. The first-order chi connectivity index (χ1) is 28.3. The quantitative estimate of drug-likeness (QED) is 0.0753. The Labute approximate surface area is 356 Å². The van der Waals surface area contributed by atoms with Crippen LogP contribution in [0.15, 0.2) is 30.3 Å². The fourth-order valence-corrected chi connectivity index (χ4v) is 9.20. The van der Waals surface area contributed by atoms with Crippen LogP contribution < -0.4 is 27.4 Å². The number of primary amides is 1. The van der Waals surface area contributed by atoms with E-state index in [0.717, 1.165) is 47.9 Å². The number of benzene rings is 1. The van der Waals surface area contributed by atoms with Gasteiger partial charge in [-0.2, -0.15) is 0 Å². The van der Waals surface area contributed by atoms with Crippen LogP contribution >= 0.6 is 11.8 Å². The molecule has 1 aromatic rings. The largest absolute Gasteiger partial charge is 0.480 e. The van der Waals surface area contributed by atoms with Crippen molar-refractivity contribution in [1.82, 2.24) is 25.8 Å². The number of rotatable bonds is 21. The number of ether oxygens (including phenoxy) is 1. The maximum Gasteiger partial charge on any atom is 0.325 e. The van der Waals surface area contributed by atoms with E-state index in [4.69, 9.17) is 16.2 Å². The number of nitrogens with two attached hydrogens (primary N) is 2. The number of nitrogens with one attached hydrogen (secondary N) is 3. The molecule has 0 spiro atoms. The monoisotopic (exact) mass is 857 g/mol. The van der Waals surface area contributed by atoms with Gasteiger partial charge in [0.25, 0.3) is 0 Å². The summed E-state index contributed by atoms with van der Waals surface area (Å²) in [6, 6.07) is 5.71. The van der Waals surface area contributed by atoms with Crippen LogP contribution in [0.1, 0.15) is 97.5 Å². The summed E-state index contributed by atoms with van der Waals surface area (Å²) in [4.78, 5) is 105. The van der Waals surface area contributed by atoms with Crippen LogP contribution in [-0.4, -0.2) is 129 Å². The van der Waals surface area contributed by atoms with Gasteiger partial charge in [0.2, 0.25) is 35.4 Å². The van der Waals surface area contributed by atoms with E-state index in [1.165, 1.54) is 6.92 Å². The highest BCUT2D eigenvalue weighted by atomic mass is 32.2. The number of likely N-dealkylation sites (tertiary alicyclic amines) is 2. The average Bonchev–Trinajstić information content (AvgIpc) is 3.44. The van der Waals surface area contributed by atoms with Crippen molar-refractivity contribution in [2.24, 2.45) is 23.3 Å². The van der Waals surface area contributed by atoms with Gasteiger partial charge in [0, 0.05) is 62.7 Å². The molecule has 0 bridgehead atoms. The van der Waals surface area contributed by atoms with Gasteiger partial charge in [0.1, 0.15) is 18.2 Å². The number of hydrogen-bond acceptors (Lipinski definition) is 12. The third-order valence-electron chi connectivity index (χ3n) is 11.2. The number of aliphatic carboxylic acids is 1. The van der Waals surface area contributed by atoms with Crippen LogP contribution in [-0.2, 0) is 49.5 Å². The second-order valence-electron chi connectivity index (χ2n) is 17.3. The first-order valence-corrected chi connectivity index (χ1v) is 22.0. The highest BCUT2D eigenvalue weighted by Gasteiger charge is 2.43. The van der Waals surface area contributed by atoms with Crippen molar-refractivity contribution in [3.05, 3.63) is 35.9 Å². The predicted octanol–water partition coefficient (Wildman–Crippen LogP) is 1.24. The van der Waals surface area contributed by atoms with E-state index in [1.54, 1.807) is 0 Å². The fourth-order valence-electron chi connectivity index (χ4n) is 8.07. The Kier molecular flexibility index (Phi) is 17.9. The predicted molar refractivity (Wildman–Crippen MR) is 224 cm³/mol. The van der Waals surface area contributed by atoms with Crippen LogP contribution in [0.25, 0.3) is 0 Å². The molecule has 3 fully saturated rings. The van der Waals surface area contributed by atoms with Crippen molar-refractivity contribution in [3.63, 3.8) is 0 Å². The van der Waals surface area contributed by atoms with E-state index >= 15 is 0 Å². The molecule has 2 saturated heterocycles. The second kappa shape index (κ2) is 22.3. The topological polar surface area (TPSA) is 261 Å². The molecule has 2 aliphatic heterocycles. The third-order valence-corrected chi connectivity index (χ3v) is 12.5. The van der Waals surface area contributed by atoms with Crippen LogP contribution in [0, 0.1) is 11.8 Å². The molecule has 332 valence electrons. The van der Waals surface area contributed by atoms with Gasteiger partial charge in [-0.15, -0.1) is 11.8 Å². The Hall–Kier alpha value is -4.55. The summed E-state index contributed by atoms with van der Waals surface area (Å²) in [6.07, 6.45) is 3.51. The molecule has 1 unspecified atom stereocenters. The maximum absolute atomic E-state index is 13.8. The van der Waals surface area contributed by atoms with Crippen molar-refractivity contribution in [1.29, 1.82) is 0 Å². The lowest BCUT2D eigenvalue weighted by molar-refractivity contribution is -0.153. The lowest BCUT2D eigenvalue weighted by Crippen LogP contribution is -2.60. The number of imide groups is 1. The number of amides is 6. The molecule has 1 aromatic carbocycles. The number of carbonyl (C=O) groups is 8. The van der Waals surface area contributed by atoms with Gasteiger partial charge in [0.05, 0.1) is 11.3 Å². The number of carboxylic acid groups (broad SMARTS) is 1. The maximum atomic E-state index is 13.8. The number of piperidine rings is 1. The van der Waals surface area contributed by atoms with Gasteiger partial charge >= 0.3 is 11.9 Å². The molecule has 2 heterocycles. The Morgan fingerprint density at radius 2 is 1.67 bits per heavy atom. The number of fused-ring (bicyclic) bond motifs is 1. The number of hydrogen-bond donors (Lipinski definition) is 6. The lowest BCUT2D eigenvalue weighted by Gasteiger charge is -2.47. The Morgan fingerprint density at radius 3 is 2.32 bits per heavy atom. The van der Waals surface area contributed by atoms with Gasteiger partial charge in [-0.3, -0.25) is 48.2 Å². The Balaban J connectivity index is 1.46. The summed E-state index contributed by atoms with van der Waals surface area (Å²) >= 11 is 1.13. The highest BCUT2D eigenvalue weighted by Crippen LogP contribution is 2.39. The van der Waals surface area contributed by atoms with Gasteiger partial charge in [-0.05, 0) is 70.8 Å². The lowest BCUT2D eigenvalue weighted by atomic mass is 9.72. The SMILES string of the molecule is C[C@H](NC(=O)[C@H](CCC(=O)O[C@H](CN1C[C@H]2CCCC[C@H]2C[C@H]1C(=O)NC(C)(C)C)[C@@H](N)Cc1ccccc1)NC(=O)CCN1C(=O)CC(SCCC(N)=O)C1=O)C(=O)O. The van der Waals surface area contributed by atoms with E-state index in [9.17, 15) is 43.5 Å². The zero-order valence-corrected chi connectivity index (χ0v) is 36.0. The number of carboxylic acids is 1. The molecule has 60 heavy (non-hydrogen) atoms. The van der Waals surface area contributed by atoms with Crippen LogP contribution in [0.5, 0.6) is 0 Å². The van der Waals surface area contributed by atoms with Gasteiger partial charge in [-0.1, -0.05) is 49.6 Å². The molecule has 8 atom stereocenters. The summed E-state index contributed by atoms with van der Waals surface area (Å²) in [5, 5.41) is 16.7. The van der Waals surface area contributed by atoms with Crippen LogP contribution in [0.3, 0.4) is 0 Å². The molecule has 4 rings (SSSR count). The molecule has 18 heteroatoms. The Morgan fingerprint density at radius 1 is 0.983 bits per heavy atom. The summed E-state index contributed by atoms with van der Waals surface area (Å²) < 4.78 is 6.11. The van der Waals surface area contributed by atoms with E-state index in [2.05, 4.69) is 20.9 Å². The molecular formula is C42H63N7O10S. The normalized spacial score (nSPS) is 22.8. The molecular weight excluding hydrogens is 795 g/mol. The van der Waals surface area contributed by atoms with Crippen molar-refractivity contribution in [3.8, 4) is 0 Å². The smallest absolute Gasteiger partial charge is 0.325 e. The van der Waals surface area contributed by atoms with Crippen molar-refractivity contribution in [2.45, 2.75) is 139 Å². The molecule has 1 aliphatic carbocycles. The molecule has 3 aliphatic rings. The summed E-state index contributed by atoms with van der Waals surface area (Å²) in [6.45, 7) is 7.62. The summed E-state index contributed by atoms with van der Waals surface area (Å²) in [5.41, 5.74) is 12.5. The fraction of sp³-hybridized carbons (Fsp3) is 0.667. The minimum Gasteiger partial charge on any atom is -0.480 e. The highest BCUT2D eigenvalue weighted by molar-refractivity contribution is 8.00. The minimum atomic E-state index is -1.37. The number of carbonyl (C=O) groups excluding carboxylic acids is 7. The van der Waals surface area contributed by atoms with Crippen LogP contribution in [0.2, 0.25) is 0 Å². The van der Waals surface area contributed by atoms with Crippen molar-refractivity contribution >= 4 is 59.1 Å². The molecule has 8 N–H and O–H groups in total. The van der Waals surface area contributed by atoms with Gasteiger partial charge in [0.15, 0.2) is 0 Å². The standard InChI is InChI=1S/C42H63N7O10S/c1-25(41(57)58)45-38(54)30(46-35(51)16-18-49-36(52)22-33(40(49)56)60-19-17-34(44)50)14-15-37(53)59-32(29(43)20-26-10-6-5-7-11-26)24-48-23-28-13-9-8-12-27(28)21-31(48)39(55)47-42(2,3)4/h5-7,10-11,25,27-33H,8-9,12-24,43H2,1-4H3,(H2,44,50)(H,45,54)(H,46,51)(H,47,55)(H,57,58)/t25-,27-,28+,29-,30-,31-,32+,33?/m0/s1. The number of thioether (sulfide) groups is 1. The van der Waals surface area contributed by atoms with E-state index in [1.807, 2.05) is 51.1 Å². The molecule has 1 saturated carbocycles. The second-order valence-corrected chi connectivity index (χ2v) is 18.6. The molecule has 0 radical (unpaired) electrons. The zero-order chi connectivity index (χ0) is 44.1. The first-order valence-electron chi connectivity index (χ1n) is 20.9. The summed E-state index contributed by atoms with van der Waals surface area (Å²) in [7, 11) is 0. The number of esters is 1. The molecule has 0 aromatic heterocycles. The zero-order valence-electron chi connectivity index (χ0n) is 35.2. The van der Waals surface area contributed by atoms with E-state index in [-0.39, 0.29) is 56.9 Å². The van der Waals surface area contributed by atoms with Crippen molar-refractivity contribution < 1.29 is 48.2 Å². The van der Waals surface area contributed by atoms with E-state index < -0.39 is 82.5 Å². The van der Waals surface area contributed by atoms with Crippen molar-refractivity contribution in [2.75, 3.05) is 25.4 Å². The van der Waals surface area contributed by atoms with Gasteiger partial charge < -0.3 is 37.3 Å². The summed E-state index contributed by atoms with van der Waals surface area (Å²) in [5.74, 6) is -4.14. The Bertz CT molecular complexity index is 1710. The first kappa shape index (κ1) is 48.1. The van der Waals surface area contributed by atoms with Gasteiger partial charge in [-0.25, -0.2) is 0 Å².